The highest BCUT2D eigenvalue weighted by Crippen LogP contribution is 2.28. The van der Waals surface area contributed by atoms with Crippen molar-refractivity contribution in [3.8, 4) is 0 Å². The Bertz CT molecular complexity index is 724. The summed E-state index contributed by atoms with van der Waals surface area (Å²) in [5.41, 5.74) is 1.37. The fraction of sp³-hybridized carbons (Fsp3) is 0.200. The minimum absolute atomic E-state index is 0.225. The molecule has 1 aromatic carbocycles. The van der Waals surface area contributed by atoms with Gasteiger partial charge in [-0.1, -0.05) is 12.1 Å². The monoisotopic (exact) mass is 268 g/mol. The van der Waals surface area contributed by atoms with E-state index in [9.17, 15) is 14.4 Å². The van der Waals surface area contributed by atoms with Crippen LogP contribution in [0.2, 0.25) is 0 Å². The predicted molar refractivity (Wildman–Crippen MR) is 72.3 cm³/mol. The molecule has 1 unspecified atom stereocenters. The fourth-order valence-corrected chi connectivity index (χ4v) is 2.54. The van der Waals surface area contributed by atoms with Gasteiger partial charge in [-0.05, 0) is 23.4 Å². The van der Waals surface area contributed by atoms with E-state index in [2.05, 4.69) is 10.3 Å². The molecule has 1 atom stereocenters. The lowest BCUT2D eigenvalue weighted by Crippen LogP contribution is -2.39. The van der Waals surface area contributed by atoms with Gasteiger partial charge in [-0.25, -0.2) is 0 Å². The van der Waals surface area contributed by atoms with Crippen LogP contribution in [0.25, 0.3) is 10.8 Å². The van der Waals surface area contributed by atoms with Gasteiger partial charge in [0, 0.05) is 29.8 Å². The van der Waals surface area contributed by atoms with Crippen LogP contribution < -0.4 is 5.32 Å². The van der Waals surface area contributed by atoms with Crippen LogP contribution in [0.5, 0.6) is 0 Å². The van der Waals surface area contributed by atoms with Crippen molar-refractivity contribution in [1.82, 2.24) is 10.3 Å². The fourth-order valence-electron chi connectivity index (χ4n) is 2.54. The Morgan fingerprint density at radius 1 is 1.25 bits per heavy atom. The lowest BCUT2D eigenvalue weighted by Gasteiger charge is -2.21. The van der Waals surface area contributed by atoms with Gasteiger partial charge in [0.05, 0.1) is 5.92 Å². The summed E-state index contributed by atoms with van der Waals surface area (Å²) in [5.74, 6) is -0.811. The summed E-state index contributed by atoms with van der Waals surface area (Å²) >= 11 is 0. The Balaban J connectivity index is 2.03. The summed E-state index contributed by atoms with van der Waals surface area (Å²) in [6, 6.07) is 5.50. The maximum atomic E-state index is 11.9. The molecule has 20 heavy (non-hydrogen) atoms. The van der Waals surface area contributed by atoms with Gasteiger partial charge >= 0.3 is 0 Å². The van der Waals surface area contributed by atoms with Gasteiger partial charge in [0.2, 0.25) is 11.8 Å². The van der Waals surface area contributed by atoms with E-state index in [-0.39, 0.29) is 17.7 Å². The van der Waals surface area contributed by atoms with Crippen LogP contribution in [0.1, 0.15) is 34.7 Å². The molecule has 1 aliphatic heterocycles. The number of nitrogens with zero attached hydrogens (tertiary/aromatic N) is 1. The first-order chi connectivity index (χ1) is 9.69. The third-order valence-corrected chi connectivity index (χ3v) is 3.58. The smallest absolute Gasteiger partial charge is 0.234 e. The molecule has 1 N–H and O–H groups in total. The number of hydrogen-bond acceptors (Lipinski definition) is 4. The molecule has 1 aliphatic rings. The molecule has 1 saturated heterocycles. The van der Waals surface area contributed by atoms with Crippen molar-refractivity contribution in [1.29, 1.82) is 0 Å². The summed E-state index contributed by atoms with van der Waals surface area (Å²) < 4.78 is 0. The van der Waals surface area contributed by atoms with Crippen molar-refractivity contribution in [3.05, 3.63) is 41.7 Å². The third kappa shape index (κ3) is 2.07. The number of aromatic nitrogens is 1. The SMILES string of the molecule is O=Cc1cncc2cc(C3CCC(=O)NC3=O)ccc12. The minimum Gasteiger partial charge on any atom is -0.298 e. The number of piperidine rings is 1. The van der Waals surface area contributed by atoms with Crippen LogP contribution >= 0.6 is 0 Å². The zero-order valence-electron chi connectivity index (χ0n) is 10.6. The first-order valence-corrected chi connectivity index (χ1v) is 6.35. The first kappa shape index (κ1) is 12.5. The van der Waals surface area contributed by atoms with Crippen LogP contribution in [-0.2, 0) is 9.59 Å². The molecule has 3 rings (SSSR count). The molecule has 2 aromatic rings. The lowest BCUT2D eigenvalue weighted by atomic mass is 9.89. The van der Waals surface area contributed by atoms with Crippen LogP contribution in [-0.4, -0.2) is 23.1 Å². The zero-order valence-corrected chi connectivity index (χ0v) is 10.6. The molecule has 100 valence electrons. The number of carbonyl (C=O) groups is 3. The highest BCUT2D eigenvalue weighted by atomic mass is 16.2. The van der Waals surface area contributed by atoms with E-state index in [4.69, 9.17) is 0 Å². The molecule has 5 heteroatoms. The van der Waals surface area contributed by atoms with Gasteiger partial charge < -0.3 is 0 Å². The maximum absolute atomic E-state index is 11.9. The number of amides is 2. The number of aldehydes is 1. The normalized spacial score (nSPS) is 18.9. The molecular weight excluding hydrogens is 256 g/mol. The summed E-state index contributed by atoms with van der Waals surface area (Å²) in [6.07, 6.45) is 4.80. The molecule has 5 nitrogen and oxygen atoms in total. The standard InChI is InChI=1S/C15H12N2O3/c18-8-11-7-16-6-10-5-9(1-2-12(10)11)13-3-4-14(19)17-15(13)20/h1-2,5-8,13H,3-4H2,(H,17,19,20). The second-order valence-electron chi connectivity index (χ2n) is 4.83. The molecule has 0 bridgehead atoms. The molecular formula is C15H12N2O3. The molecule has 1 aromatic heterocycles. The second kappa shape index (κ2) is 4.85. The Kier molecular flexibility index (Phi) is 3.02. The predicted octanol–water partition coefficient (Wildman–Crippen LogP) is 1.57. The van der Waals surface area contributed by atoms with Gasteiger partial charge in [-0.15, -0.1) is 0 Å². The van der Waals surface area contributed by atoms with E-state index in [0.717, 1.165) is 22.6 Å². The summed E-state index contributed by atoms with van der Waals surface area (Å²) in [7, 11) is 0. The van der Waals surface area contributed by atoms with Crippen molar-refractivity contribution < 1.29 is 14.4 Å². The van der Waals surface area contributed by atoms with E-state index >= 15 is 0 Å². The van der Waals surface area contributed by atoms with Crippen LogP contribution in [0.3, 0.4) is 0 Å². The van der Waals surface area contributed by atoms with E-state index < -0.39 is 0 Å². The van der Waals surface area contributed by atoms with Crippen molar-refractivity contribution in [2.45, 2.75) is 18.8 Å². The van der Waals surface area contributed by atoms with E-state index in [1.165, 1.54) is 6.20 Å². The summed E-state index contributed by atoms with van der Waals surface area (Å²) in [4.78, 5) is 38.0. The molecule has 1 fully saturated rings. The second-order valence-corrected chi connectivity index (χ2v) is 4.83. The molecule has 0 spiro atoms. The number of hydrogen-bond donors (Lipinski definition) is 1. The van der Waals surface area contributed by atoms with Gasteiger partial charge in [0.25, 0.3) is 0 Å². The van der Waals surface area contributed by atoms with Gasteiger partial charge in [-0.3, -0.25) is 24.7 Å². The number of benzene rings is 1. The number of nitrogens with one attached hydrogen (secondary N) is 1. The van der Waals surface area contributed by atoms with Crippen molar-refractivity contribution in [2.75, 3.05) is 0 Å². The van der Waals surface area contributed by atoms with E-state index in [1.807, 2.05) is 18.2 Å². The van der Waals surface area contributed by atoms with Gasteiger partial charge in [-0.2, -0.15) is 0 Å². The Morgan fingerprint density at radius 2 is 2.10 bits per heavy atom. The van der Waals surface area contributed by atoms with Gasteiger partial charge in [0.1, 0.15) is 0 Å². The Hall–Kier alpha value is -2.56. The number of pyridine rings is 1. The number of carbonyl (C=O) groups excluding carboxylic acids is 3. The first-order valence-electron chi connectivity index (χ1n) is 6.35. The third-order valence-electron chi connectivity index (χ3n) is 3.58. The molecule has 2 amide bonds. The molecule has 0 saturated carbocycles. The molecule has 0 aliphatic carbocycles. The van der Waals surface area contributed by atoms with Crippen LogP contribution in [0.15, 0.2) is 30.6 Å². The average molecular weight is 268 g/mol. The van der Waals surface area contributed by atoms with Crippen molar-refractivity contribution in [2.24, 2.45) is 0 Å². The quantitative estimate of drug-likeness (QED) is 0.662. The largest absolute Gasteiger partial charge is 0.298 e. The zero-order chi connectivity index (χ0) is 14.1. The van der Waals surface area contributed by atoms with E-state index in [0.29, 0.717) is 18.4 Å². The highest BCUT2D eigenvalue weighted by Gasteiger charge is 2.27. The topological polar surface area (TPSA) is 76.1 Å². The maximum Gasteiger partial charge on any atom is 0.234 e. The van der Waals surface area contributed by atoms with E-state index in [1.54, 1.807) is 6.20 Å². The summed E-state index contributed by atoms with van der Waals surface area (Å²) in [6.45, 7) is 0. The number of fused-ring (bicyclic) bond motifs is 1. The minimum atomic E-state index is -0.322. The van der Waals surface area contributed by atoms with Crippen LogP contribution in [0.4, 0.5) is 0 Å². The van der Waals surface area contributed by atoms with Gasteiger partial charge in [0.15, 0.2) is 6.29 Å². The highest BCUT2D eigenvalue weighted by molar-refractivity contribution is 6.02. The Morgan fingerprint density at radius 3 is 2.85 bits per heavy atom. The summed E-state index contributed by atoms with van der Waals surface area (Å²) in [5, 5.41) is 3.98. The number of imide groups is 1. The van der Waals surface area contributed by atoms with Crippen molar-refractivity contribution >= 4 is 28.9 Å². The molecule has 0 radical (unpaired) electrons. The Labute approximate surface area is 115 Å². The van der Waals surface area contributed by atoms with Crippen molar-refractivity contribution in [3.63, 3.8) is 0 Å². The average Bonchev–Trinajstić information content (AvgIpc) is 2.46. The molecule has 2 heterocycles. The number of rotatable bonds is 2. The lowest BCUT2D eigenvalue weighted by molar-refractivity contribution is -0.134. The van der Waals surface area contributed by atoms with Crippen LogP contribution in [0, 0.1) is 0 Å².